The molecule has 0 fully saturated rings. The van der Waals surface area contributed by atoms with Gasteiger partial charge in [-0.05, 0) is 39.0 Å². The lowest BCUT2D eigenvalue weighted by molar-refractivity contribution is -0.145. The molecule has 1 heterocycles. The Bertz CT molecular complexity index is 759. The molecule has 0 spiro atoms. The van der Waals surface area contributed by atoms with Gasteiger partial charge < -0.3 is 14.2 Å². The van der Waals surface area contributed by atoms with Crippen LogP contribution in [0.5, 0.6) is 11.5 Å². The third kappa shape index (κ3) is 4.88. The average Bonchev–Trinajstić information content (AvgIpc) is 2.51. The van der Waals surface area contributed by atoms with Crippen molar-refractivity contribution in [1.82, 2.24) is 4.31 Å². The van der Waals surface area contributed by atoms with Gasteiger partial charge in [0.25, 0.3) is 0 Å². The number of rotatable bonds is 7. The maximum absolute atomic E-state index is 12.2. The van der Waals surface area contributed by atoms with Gasteiger partial charge in [-0.15, -0.1) is 0 Å². The first kappa shape index (κ1) is 20.5. The number of ether oxygens (including phenoxy) is 3. The van der Waals surface area contributed by atoms with Crippen LogP contribution in [-0.2, 0) is 19.6 Å². The minimum atomic E-state index is -3.39. The molecule has 1 atom stereocenters. The summed E-state index contributed by atoms with van der Waals surface area (Å²) in [5.74, 6) is 0.636. The molecule has 2 rings (SSSR count). The van der Waals surface area contributed by atoms with Crippen molar-refractivity contribution in [1.29, 1.82) is 0 Å². The van der Waals surface area contributed by atoms with Gasteiger partial charge in [0.2, 0.25) is 10.0 Å². The summed E-state index contributed by atoms with van der Waals surface area (Å²) in [6.45, 7) is 7.85. The fourth-order valence-corrected chi connectivity index (χ4v) is 4.29. The van der Waals surface area contributed by atoms with Gasteiger partial charge in [-0.1, -0.05) is 6.92 Å². The highest BCUT2D eigenvalue weighted by Crippen LogP contribution is 2.44. The van der Waals surface area contributed by atoms with Gasteiger partial charge in [0.15, 0.2) is 6.61 Å². The van der Waals surface area contributed by atoms with Crippen molar-refractivity contribution < 1.29 is 27.4 Å². The third-order valence-corrected chi connectivity index (χ3v) is 5.52. The molecular formula is C18H27NO6S. The van der Waals surface area contributed by atoms with E-state index >= 15 is 0 Å². The van der Waals surface area contributed by atoms with Crippen molar-refractivity contribution in [3.8, 4) is 11.5 Å². The van der Waals surface area contributed by atoms with E-state index in [4.69, 9.17) is 14.2 Å². The summed E-state index contributed by atoms with van der Waals surface area (Å²) in [4.78, 5) is 11.5. The highest BCUT2D eigenvalue weighted by molar-refractivity contribution is 7.88. The molecule has 0 aromatic heterocycles. The van der Waals surface area contributed by atoms with Gasteiger partial charge in [-0.25, -0.2) is 13.2 Å². The van der Waals surface area contributed by atoms with Gasteiger partial charge >= 0.3 is 5.97 Å². The summed E-state index contributed by atoms with van der Waals surface area (Å²) >= 11 is 0. The van der Waals surface area contributed by atoms with Crippen molar-refractivity contribution in [2.45, 2.75) is 45.8 Å². The monoisotopic (exact) mass is 385 g/mol. The van der Waals surface area contributed by atoms with Gasteiger partial charge in [0, 0.05) is 18.5 Å². The van der Waals surface area contributed by atoms with E-state index in [0.717, 1.165) is 5.56 Å². The Balaban J connectivity index is 2.35. The highest BCUT2D eigenvalue weighted by Gasteiger charge is 2.39. The minimum absolute atomic E-state index is 0.201. The van der Waals surface area contributed by atoms with Gasteiger partial charge in [0.05, 0.1) is 18.9 Å². The largest absolute Gasteiger partial charge is 0.487 e. The van der Waals surface area contributed by atoms with Crippen LogP contribution >= 0.6 is 0 Å². The molecular weight excluding hydrogens is 358 g/mol. The normalized spacial score (nSPS) is 18.8. The number of sulfonamides is 1. The molecule has 1 aliphatic rings. The van der Waals surface area contributed by atoms with E-state index in [1.807, 2.05) is 20.8 Å². The summed E-state index contributed by atoms with van der Waals surface area (Å²) in [7, 11) is -3.39. The smallest absolute Gasteiger partial charge is 0.344 e. The van der Waals surface area contributed by atoms with E-state index in [1.165, 1.54) is 10.6 Å². The van der Waals surface area contributed by atoms with E-state index in [0.29, 0.717) is 24.5 Å². The Hall–Kier alpha value is -1.80. The number of benzene rings is 1. The second-order valence-corrected chi connectivity index (χ2v) is 8.78. The lowest BCUT2D eigenvalue weighted by atomic mass is 9.89. The minimum Gasteiger partial charge on any atom is -0.487 e. The summed E-state index contributed by atoms with van der Waals surface area (Å²) in [6.07, 6.45) is 1.72. The molecule has 1 aromatic carbocycles. The molecule has 8 heteroatoms. The first-order valence-corrected chi connectivity index (χ1v) is 10.5. The van der Waals surface area contributed by atoms with Crippen LogP contribution in [0, 0.1) is 0 Å². The summed E-state index contributed by atoms with van der Waals surface area (Å²) < 4.78 is 42.3. The molecule has 1 unspecified atom stereocenters. The Morgan fingerprint density at radius 1 is 1.35 bits per heavy atom. The van der Waals surface area contributed by atoms with Crippen molar-refractivity contribution in [3.05, 3.63) is 23.8 Å². The standard InChI is InChI=1S/C18H27NO6S/c1-6-19(26(5,21)22)15-11-18(3,4)25-16-9-8-13(10-14(15)16)24-12-17(20)23-7-2/h8-10,15H,6-7,11-12H2,1-5H3. The van der Waals surface area contributed by atoms with Gasteiger partial charge in [0.1, 0.15) is 17.1 Å². The topological polar surface area (TPSA) is 82.1 Å². The van der Waals surface area contributed by atoms with Crippen LogP contribution < -0.4 is 9.47 Å². The summed E-state index contributed by atoms with van der Waals surface area (Å²) in [5, 5.41) is 0. The fraction of sp³-hybridized carbons (Fsp3) is 0.611. The first-order valence-electron chi connectivity index (χ1n) is 8.65. The van der Waals surface area contributed by atoms with E-state index in [2.05, 4.69) is 0 Å². The number of carbonyl (C=O) groups is 1. The van der Waals surface area contributed by atoms with E-state index in [-0.39, 0.29) is 19.3 Å². The zero-order valence-electron chi connectivity index (χ0n) is 15.9. The molecule has 0 saturated carbocycles. The predicted molar refractivity (Wildman–Crippen MR) is 97.9 cm³/mol. The zero-order valence-corrected chi connectivity index (χ0v) is 16.8. The Kier molecular flexibility index (Phi) is 6.18. The van der Waals surface area contributed by atoms with Crippen LogP contribution in [0.4, 0.5) is 0 Å². The second kappa shape index (κ2) is 7.84. The van der Waals surface area contributed by atoms with Gasteiger partial charge in [-0.2, -0.15) is 4.31 Å². The summed E-state index contributed by atoms with van der Waals surface area (Å²) in [6, 6.07) is 4.83. The van der Waals surface area contributed by atoms with Crippen LogP contribution in [-0.4, -0.2) is 50.3 Å². The third-order valence-electron chi connectivity index (χ3n) is 4.16. The SMILES string of the molecule is CCOC(=O)COc1ccc2c(c1)C(N(CC)S(C)(=O)=O)CC(C)(C)O2. The van der Waals surface area contributed by atoms with Crippen LogP contribution in [0.1, 0.15) is 45.7 Å². The van der Waals surface area contributed by atoms with Crippen LogP contribution in [0.15, 0.2) is 18.2 Å². The first-order chi connectivity index (χ1) is 12.1. The number of fused-ring (bicyclic) bond motifs is 1. The Labute approximate surface area is 155 Å². The van der Waals surface area contributed by atoms with Crippen molar-refractivity contribution in [3.63, 3.8) is 0 Å². The molecule has 0 radical (unpaired) electrons. The van der Waals surface area contributed by atoms with Crippen LogP contribution in [0.2, 0.25) is 0 Å². The highest BCUT2D eigenvalue weighted by atomic mass is 32.2. The van der Waals surface area contributed by atoms with Gasteiger partial charge in [-0.3, -0.25) is 0 Å². The second-order valence-electron chi connectivity index (χ2n) is 6.84. The molecule has 7 nitrogen and oxygen atoms in total. The van der Waals surface area contributed by atoms with Crippen molar-refractivity contribution >= 4 is 16.0 Å². The van der Waals surface area contributed by atoms with E-state index < -0.39 is 21.6 Å². The zero-order chi connectivity index (χ0) is 19.5. The quantitative estimate of drug-likeness (QED) is 0.671. The molecule has 0 saturated heterocycles. The lowest BCUT2D eigenvalue weighted by Crippen LogP contribution is -2.43. The van der Waals surface area contributed by atoms with E-state index in [1.54, 1.807) is 25.1 Å². The molecule has 26 heavy (non-hydrogen) atoms. The Morgan fingerprint density at radius 2 is 2.04 bits per heavy atom. The van der Waals surface area contributed by atoms with E-state index in [9.17, 15) is 13.2 Å². The number of nitrogens with zero attached hydrogens (tertiary/aromatic N) is 1. The molecule has 1 aliphatic heterocycles. The molecule has 0 N–H and O–H groups in total. The van der Waals surface area contributed by atoms with Crippen molar-refractivity contribution in [2.24, 2.45) is 0 Å². The molecule has 0 aliphatic carbocycles. The van der Waals surface area contributed by atoms with Crippen LogP contribution in [0.3, 0.4) is 0 Å². The summed E-state index contributed by atoms with van der Waals surface area (Å²) in [5.41, 5.74) is 0.237. The molecule has 1 aromatic rings. The number of esters is 1. The predicted octanol–water partition coefficient (Wildman–Crippen LogP) is 2.51. The molecule has 146 valence electrons. The van der Waals surface area contributed by atoms with Crippen LogP contribution in [0.25, 0.3) is 0 Å². The molecule has 0 bridgehead atoms. The van der Waals surface area contributed by atoms with Crippen molar-refractivity contribution in [2.75, 3.05) is 26.0 Å². The average molecular weight is 385 g/mol. The number of hydrogen-bond donors (Lipinski definition) is 0. The maximum Gasteiger partial charge on any atom is 0.344 e. The number of hydrogen-bond acceptors (Lipinski definition) is 6. The number of carbonyl (C=O) groups excluding carboxylic acids is 1. The molecule has 0 amide bonds. The maximum atomic E-state index is 12.2. The Morgan fingerprint density at radius 3 is 2.62 bits per heavy atom. The lowest BCUT2D eigenvalue weighted by Gasteiger charge is -2.41. The fourth-order valence-electron chi connectivity index (χ4n) is 3.17.